The van der Waals surface area contributed by atoms with E-state index in [4.69, 9.17) is 4.74 Å². The van der Waals surface area contributed by atoms with E-state index in [2.05, 4.69) is 13.2 Å². The van der Waals surface area contributed by atoms with Crippen molar-refractivity contribution in [2.24, 2.45) is 5.92 Å². The standard InChI is InChI=1S/C11H17FO/c1-9(12)10(2)13-8-11-6-4-3-5-7-11/h11H,1-8H2. The second-order valence-corrected chi connectivity index (χ2v) is 3.64. The summed E-state index contributed by atoms with van der Waals surface area (Å²) in [7, 11) is 0. The highest BCUT2D eigenvalue weighted by Gasteiger charge is 2.14. The Morgan fingerprint density at radius 1 is 1.23 bits per heavy atom. The van der Waals surface area contributed by atoms with Gasteiger partial charge >= 0.3 is 0 Å². The Kier molecular flexibility index (Phi) is 4.00. The lowest BCUT2D eigenvalue weighted by atomic mass is 9.90. The van der Waals surface area contributed by atoms with Gasteiger partial charge in [0, 0.05) is 0 Å². The van der Waals surface area contributed by atoms with Crippen LogP contribution in [0.4, 0.5) is 4.39 Å². The second-order valence-electron chi connectivity index (χ2n) is 3.64. The molecule has 1 rings (SSSR count). The van der Waals surface area contributed by atoms with Gasteiger partial charge in [-0.15, -0.1) is 0 Å². The summed E-state index contributed by atoms with van der Waals surface area (Å²) < 4.78 is 17.6. The lowest BCUT2D eigenvalue weighted by Gasteiger charge is -2.21. The van der Waals surface area contributed by atoms with Gasteiger partial charge in [-0.1, -0.05) is 32.4 Å². The highest BCUT2D eigenvalue weighted by molar-refractivity contribution is 5.10. The Bertz CT molecular complexity index is 192. The molecule has 0 amide bonds. The Labute approximate surface area is 79.3 Å². The molecule has 1 fully saturated rings. The van der Waals surface area contributed by atoms with Crippen LogP contribution >= 0.6 is 0 Å². The first-order valence-electron chi connectivity index (χ1n) is 4.86. The molecule has 1 saturated carbocycles. The van der Waals surface area contributed by atoms with Gasteiger partial charge in [-0.3, -0.25) is 0 Å². The van der Waals surface area contributed by atoms with E-state index in [9.17, 15) is 4.39 Å². The van der Waals surface area contributed by atoms with E-state index in [0.717, 1.165) is 0 Å². The number of ether oxygens (including phenoxy) is 1. The van der Waals surface area contributed by atoms with E-state index in [1.54, 1.807) is 0 Å². The van der Waals surface area contributed by atoms with Gasteiger partial charge in [-0.2, -0.15) is 0 Å². The minimum absolute atomic E-state index is 0.0885. The third kappa shape index (κ3) is 3.62. The summed E-state index contributed by atoms with van der Waals surface area (Å²) in [4.78, 5) is 0. The van der Waals surface area contributed by atoms with Crippen LogP contribution in [0, 0.1) is 5.92 Å². The molecule has 0 spiro atoms. The van der Waals surface area contributed by atoms with Crippen LogP contribution in [0.5, 0.6) is 0 Å². The topological polar surface area (TPSA) is 9.23 Å². The Balaban J connectivity index is 2.17. The Morgan fingerprint density at radius 3 is 2.38 bits per heavy atom. The minimum Gasteiger partial charge on any atom is -0.491 e. The summed E-state index contributed by atoms with van der Waals surface area (Å²) in [6, 6.07) is 0. The number of rotatable bonds is 4. The third-order valence-electron chi connectivity index (χ3n) is 2.52. The molecule has 0 atom stereocenters. The first-order valence-corrected chi connectivity index (χ1v) is 4.86. The number of hydrogen-bond acceptors (Lipinski definition) is 1. The number of halogens is 1. The maximum absolute atomic E-state index is 12.4. The van der Waals surface area contributed by atoms with Gasteiger partial charge in [-0.25, -0.2) is 4.39 Å². The second kappa shape index (κ2) is 5.05. The van der Waals surface area contributed by atoms with Crippen molar-refractivity contribution >= 4 is 0 Å². The average Bonchev–Trinajstić information content (AvgIpc) is 2.15. The van der Waals surface area contributed by atoms with Crippen molar-refractivity contribution in [3.8, 4) is 0 Å². The van der Waals surface area contributed by atoms with Crippen LogP contribution in [-0.4, -0.2) is 6.61 Å². The van der Waals surface area contributed by atoms with E-state index >= 15 is 0 Å². The first kappa shape index (κ1) is 10.3. The average molecular weight is 184 g/mol. The largest absolute Gasteiger partial charge is 0.491 e. The SMILES string of the molecule is C=C(F)C(=C)OCC1CCCCC1. The summed E-state index contributed by atoms with van der Waals surface area (Å²) in [5.74, 6) is 0.117. The van der Waals surface area contributed by atoms with Gasteiger partial charge in [0.15, 0.2) is 5.83 Å². The van der Waals surface area contributed by atoms with E-state index in [1.807, 2.05) is 0 Å². The molecule has 74 valence electrons. The first-order chi connectivity index (χ1) is 6.20. The van der Waals surface area contributed by atoms with Gasteiger partial charge in [0.25, 0.3) is 0 Å². The highest BCUT2D eigenvalue weighted by Crippen LogP contribution is 2.24. The van der Waals surface area contributed by atoms with E-state index < -0.39 is 5.83 Å². The maximum atomic E-state index is 12.4. The maximum Gasteiger partial charge on any atom is 0.157 e. The van der Waals surface area contributed by atoms with Crippen molar-refractivity contribution < 1.29 is 9.13 Å². The molecule has 13 heavy (non-hydrogen) atoms. The fraction of sp³-hybridized carbons (Fsp3) is 0.636. The van der Waals surface area contributed by atoms with Gasteiger partial charge in [0.1, 0.15) is 5.76 Å². The zero-order chi connectivity index (χ0) is 9.68. The molecule has 1 aliphatic carbocycles. The normalized spacial score (nSPS) is 18.2. The van der Waals surface area contributed by atoms with Crippen molar-refractivity contribution in [1.29, 1.82) is 0 Å². The smallest absolute Gasteiger partial charge is 0.157 e. The minimum atomic E-state index is -0.559. The van der Waals surface area contributed by atoms with E-state index in [-0.39, 0.29) is 5.76 Å². The fourth-order valence-electron chi connectivity index (χ4n) is 1.65. The van der Waals surface area contributed by atoms with Crippen molar-refractivity contribution in [2.45, 2.75) is 32.1 Å². The monoisotopic (exact) mass is 184 g/mol. The molecule has 0 radical (unpaired) electrons. The predicted molar refractivity (Wildman–Crippen MR) is 51.9 cm³/mol. The molecule has 1 nitrogen and oxygen atoms in total. The van der Waals surface area contributed by atoms with Crippen molar-refractivity contribution in [1.82, 2.24) is 0 Å². The molecule has 0 aliphatic heterocycles. The third-order valence-corrected chi connectivity index (χ3v) is 2.52. The molecule has 0 saturated heterocycles. The Hall–Kier alpha value is -0.790. The van der Waals surface area contributed by atoms with Crippen molar-refractivity contribution in [3.05, 3.63) is 24.7 Å². The summed E-state index contributed by atoms with van der Waals surface area (Å²) in [6.45, 7) is 7.17. The molecule has 2 heteroatoms. The van der Waals surface area contributed by atoms with Crippen LogP contribution in [0.25, 0.3) is 0 Å². The lowest BCUT2D eigenvalue weighted by Crippen LogP contribution is -2.13. The molecule has 0 unspecified atom stereocenters. The zero-order valence-electron chi connectivity index (χ0n) is 8.02. The Morgan fingerprint density at radius 2 is 1.85 bits per heavy atom. The van der Waals surface area contributed by atoms with Gasteiger partial charge < -0.3 is 4.74 Å². The van der Waals surface area contributed by atoms with Crippen molar-refractivity contribution in [3.63, 3.8) is 0 Å². The van der Waals surface area contributed by atoms with Crippen LogP contribution < -0.4 is 0 Å². The van der Waals surface area contributed by atoms with Crippen LogP contribution in [0.3, 0.4) is 0 Å². The van der Waals surface area contributed by atoms with Gasteiger partial charge in [-0.05, 0) is 18.8 Å². The lowest BCUT2D eigenvalue weighted by molar-refractivity contribution is 0.142. The molecule has 0 bridgehead atoms. The number of hydrogen-bond donors (Lipinski definition) is 0. The van der Waals surface area contributed by atoms with Gasteiger partial charge in [0.05, 0.1) is 6.61 Å². The summed E-state index contributed by atoms with van der Waals surface area (Å²) in [5, 5.41) is 0. The summed E-state index contributed by atoms with van der Waals surface area (Å²) in [6.07, 6.45) is 6.28. The molecule has 0 N–H and O–H groups in total. The van der Waals surface area contributed by atoms with Crippen LogP contribution in [0.2, 0.25) is 0 Å². The molecule has 0 aromatic carbocycles. The van der Waals surface area contributed by atoms with Crippen LogP contribution in [0.15, 0.2) is 24.7 Å². The van der Waals surface area contributed by atoms with E-state index in [0.29, 0.717) is 12.5 Å². The predicted octanol–water partition coefficient (Wildman–Crippen LogP) is 3.58. The molecule has 1 aliphatic rings. The van der Waals surface area contributed by atoms with Crippen LogP contribution in [-0.2, 0) is 4.74 Å². The van der Waals surface area contributed by atoms with Crippen LogP contribution in [0.1, 0.15) is 32.1 Å². The molecular weight excluding hydrogens is 167 g/mol. The van der Waals surface area contributed by atoms with E-state index in [1.165, 1.54) is 32.1 Å². The van der Waals surface area contributed by atoms with Gasteiger partial charge in [0.2, 0.25) is 0 Å². The molecule has 0 heterocycles. The highest BCUT2D eigenvalue weighted by atomic mass is 19.1. The summed E-state index contributed by atoms with van der Waals surface area (Å²) in [5.41, 5.74) is 0. The molecule has 0 aromatic rings. The zero-order valence-corrected chi connectivity index (χ0v) is 8.02. The fourth-order valence-corrected chi connectivity index (χ4v) is 1.65. The molecular formula is C11H17FO. The number of allylic oxidation sites excluding steroid dienone is 1. The van der Waals surface area contributed by atoms with Crippen molar-refractivity contribution in [2.75, 3.05) is 6.61 Å². The summed E-state index contributed by atoms with van der Waals surface area (Å²) >= 11 is 0. The molecule has 0 aromatic heterocycles. The quantitative estimate of drug-likeness (QED) is 0.479.